The summed E-state index contributed by atoms with van der Waals surface area (Å²) < 4.78 is 7.24. The second-order valence-corrected chi connectivity index (χ2v) is 5.16. The third kappa shape index (κ3) is 3.22. The van der Waals surface area contributed by atoms with Gasteiger partial charge in [0.25, 0.3) is 0 Å². The number of nitrogens with zero attached hydrogens (tertiary/aromatic N) is 4. The molecule has 0 aliphatic carbocycles. The Kier molecular flexibility index (Phi) is 4.93. The van der Waals surface area contributed by atoms with Crippen molar-refractivity contribution in [1.82, 2.24) is 19.7 Å². The Hall–Kier alpha value is -1.92. The number of aryl methyl sites for hydroxylation is 2. The normalized spacial score (nSPS) is 12.7. The van der Waals surface area contributed by atoms with Crippen LogP contribution in [0.4, 0.5) is 0 Å². The van der Waals surface area contributed by atoms with Crippen LogP contribution in [-0.4, -0.2) is 40.4 Å². The quantitative estimate of drug-likeness (QED) is 0.867. The van der Waals surface area contributed by atoms with Crippen molar-refractivity contribution in [3.8, 4) is 5.88 Å². The van der Waals surface area contributed by atoms with Gasteiger partial charge in [-0.1, -0.05) is 6.07 Å². The molecule has 0 fully saturated rings. The van der Waals surface area contributed by atoms with Crippen LogP contribution in [0.1, 0.15) is 22.9 Å². The SMILES string of the molecule is COc1c(C(CN)N(C)Cc2cccnc2)c(C)nn1C. The van der Waals surface area contributed by atoms with Gasteiger partial charge in [0, 0.05) is 32.5 Å². The van der Waals surface area contributed by atoms with E-state index in [0.29, 0.717) is 6.54 Å². The Labute approximate surface area is 125 Å². The number of pyridine rings is 1. The van der Waals surface area contributed by atoms with Crippen LogP contribution in [0.5, 0.6) is 5.88 Å². The lowest BCUT2D eigenvalue weighted by Gasteiger charge is -2.27. The van der Waals surface area contributed by atoms with Crippen LogP contribution in [0, 0.1) is 6.92 Å². The fourth-order valence-corrected chi connectivity index (χ4v) is 2.69. The van der Waals surface area contributed by atoms with Crippen molar-refractivity contribution in [3.63, 3.8) is 0 Å². The molecule has 0 aliphatic rings. The van der Waals surface area contributed by atoms with E-state index >= 15 is 0 Å². The summed E-state index contributed by atoms with van der Waals surface area (Å²) in [4.78, 5) is 6.35. The molecule has 0 amide bonds. The van der Waals surface area contributed by atoms with E-state index in [1.165, 1.54) is 0 Å². The molecule has 6 heteroatoms. The van der Waals surface area contributed by atoms with Gasteiger partial charge in [-0.05, 0) is 25.6 Å². The molecule has 0 bridgehead atoms. The number of nitrogens with two attached hydrogens (primary N) is 1. The lowest BCUT2D eigenvalue weighted by Crippen LogP contribution is -2.30. The van der Waals surface area contributed by atoms with Crippen LogP contribution in [0.15, 0.2) is 24.5 Å². The van der Waals surface area contributed by atoms with E-state index in [1.807, 2.05) is 26.2 Å². The zero-order valence-electron chi connectivity index (χ0n) is 13.1. The van der Waals surface area contributed by atoms with Crippen molar-refractivity contribution in [1.29, 1.82) is 0 Å². The van der Waals surface area contributed by atoms with Crippen molar-refractivity contribution < 1.29 is 4.74 Å². The monoisotopic (exact) mass is 289 g/mol. The van der Waals surface area contributed by atoms with Crippen LogP contribution < -0.4 is 10.5 Å². The molecule has 2 heterocycles. The van der Waals surface area contributed by atoms with Crippen LogP contribution in [0.25, 0.3) is 0 Å². The first-order valence-electron chi connectivity index (χ1n) is 6.95. The highest BCUT2D eigenvalue weighted by Crippen LogP contribution is 2.31. The van der Waals surface area contributed by atoms with Gasteiger partial charge in [0.1, 0.15) is 0 Å². The van der Waals surface area contributed by atoms with Gasteiger partial charge in [-0.15, -0.1) is 0 Å². The highest BCUT2D eigenvalue weighted by atomic mass is 16.5. The van der Waals surface area contributed by atoms with Crippen LogP contribution >= 0.6 is 0 Å². The number of rotatable bonds is 6. The summed E-state index contributed by atoms with van der Waals surface area (Å²) >= 11 is 0. The standard InChI is InChI=1S/C15H23N5O/c1-11-14(15(21-4)20(3)18-11)13(8-16)19(2)10-12-6-5-7-17-9-12/h5-7,9,13H,8,10,16H2,1-4H3. The highest BCUT2D eigenvalue weighted by Gasteiger charge is 2.25. The maximum absolute atomic E-state index is 6.01. The predicted molar refractivity (Wildman–Crippen MR) is 82.0 cm³/mol. The molecule has 0 aliphatic heterocycles. The molecule has 6 nitrogen and oxygen atoms in total. The number of hydrogen-bond donors (Lipinski definition) is 1. The molecule has 1 atom stereocenters. The summed E-state index contributed by atoms with van der Waals surface area (Å²) in [7, 11) is 5.59. The molecular weight excluding hydrogens is 266 g/mol. The first-order valence-corrected chi connectivity index (χ1v) is 6.95. The molecule has 2 N–H and O–H groups in total. The zero-order valence-corrected chi connectivity index (χ0v) is 13.1. The molecule has 2 rings (SSSR count). The average molecular weight is 289 g/mol. The second kappa shape index (κ2) is 6.69. The fourth-order valence-electron chi connectivity index (χ4n) is 2.69. The highest BCUT2D eigenvalue weighted by molar-refractivity contribution is 5.34. The van der Waals surface area contributed by atoms with E-state index in [9.17, 15) is 0 Å². The van der Waals surface area contributed by atoms with Gasteiger partial charge in [0.2, 0.25) is 5.88 Å². The minimum atomic E-state index is 0.0499. The maximum atomic E-state index is 6.01. The number of aromatic nitrogens is 3. The Morgan fingerprint density at radius 2 is 2.24 bits per heavy atom. The van der Waals surface area contributed by atoms with Gasteiger partial charge < -0.3 is 10.5 Å². The lowest BCUT2D eigenvalue weighted by molar-refractivity contribution is 0.234. The number of likely N-dealkylation sites (N-methyl/N-ethyl adjacent to an activating group) is 1. The van der Waals surface area contributed by atoms with Gasteiger partial charge in [-0.2, -0.15) is 5.10 Å². The minimum Gasteiger partial charge on any atom is -0.481 e. The molecule has 0 spiro atoms. The van der Waals surface area contributed by atoms with Gasteiger partial charge >= 0.3 is 0 Å². The summed E-state index contributed by atoms with van der Waals surface area (Å²) in [5, 5.41) is 4.44. The first-order chi connectivity index (χ1) is 10.1. The van der Waals surface area contributed by atoms with E-state index < -0.39 is 0 Å². The van der Waals surface area contributed by atoms with Crippen molar-refractivity contribution in [2.45, 2.75) is 19.5 Å². The Balaban J connectivity index is 2.27. The van der Waals surface area contributed by atoms with Gasteiger partial charge in [-0.25, -0.2) is 4.68 Å². The minimum absolute atomic E-state index is 0.0499. The van der Waals surface area contributed by atoms with E-state index in [1.54, 1.807) is 18.0 Å². The zero-order chi connectivity index (χ0) is 15.4. The third-order valence-corrected chi connectivity index (χ3v) is 3.65. The van der Waals surface area contributed by atoms with Crippen LogP contribution in [0.3, 0.4) is 0 Å². The van der Waals surface area contributed by atoms with Crippen molar-refractivity contribution >= 4 is 0 Å². The van der Waals surface area contributed by atoms with Gasteiger partial charge in [0.15, 0.2) is 0 Å². The topological polar surface area (TPSA) is 69.2 Å². The summed E-state index contributed by atoms with van der Waals surface area (Å²) in [5.74, 6) is 0.765. The Bertz CT molecular complexity index is 581. The number of methoxy groups -OCH3 is 1. The van der Waals surface area contributed by atoms with E-state index in [4.69, 9.17) is 10.5 Å². The average Bonchev–Trinajstić information content (AvgIpc) is 2.75. The summed E-state index contributed by atoms with van der Waals surface area (Å²) in [5.41, 5.74) is 9.16. The molecule has 2 aromatic rings. The second-order valence-electron chi connectivity index (χ2n) is 5.16. The Morgan fingerprint density at radius 3 is 2.81 bits per heavy atom. The molecular formula is C15H23N5O. The van der Waals surface area contributed by atoms with E-state index in [0.717, 1.165) is 29.2 Å². The van der Waals surface area contributed by atoms with Crippen molar-refractivity contribution in [3.05, 3.63) is 41.3 Å². The molecule has 0 saturated carbocycles. The van der Waals surface area contributed by atoms with E-state index in [2.05, 4.69) is 28.1 Å². The smallest absolute Gasteiger partial charge is 0.216 e. The number of ether oxygens (including phenoxy) is 1. The Morgan fingerprint density at radius 1 is 1.48 bits per heavy atom. The van der Waals surface area contributed by atoms with Gasteiger partial charge in [0.05, 0.1) is 24.4 Å². The fraction of sp³-hybridized carbons (Fsp3) is 0.467. The van der Waals surface area contributed by atoms with Crippen molar-refractivity contribution in [2.24, 2.45) is 12.8 Å². The lowest BCUT2D eigenvalue weighted by atomic mass is 10.1. The third-order valence-electron chi connectivity index (χ3n) is 3.65. The maximum Gasteiger partial charge on any atom is 0.216 e. The van der Waals surface area contributed by atoms with Crippen molar-refractivity contribution in [2.75, 3.05) is 20.7 Å². The molecule has 0 aromatic carbocycles. The first kappa shape index (κ1) is 15.5. The molecule has 0 saturated heterocycles. The number of hydrogen-bond acceptors (Lipinski definition) is 5. The summed E-state index contributed by atoms with van der Waals surface area (Å²) in [6.45, 7) is 3.26. The summed E-state index contributed by atoms with van der Waals surface area (Å²) in [6.07, 6.45) is 3.65. The van der Waals surface area contributed by atoms with Gasteiger partial charge in [-0.3, -0.25) is 9.88 Å². The van der Waals surface area contributed by atoms with E-state index in [-0.39, 0.29) is 6.04 Å². The molecule has 2 aromatic heterocycles. The largest absolute Gasteiger partial charge is 0.481 e. The predicted octanol–water partition coefficient (Wildman–Crippen LogP) is 1.26. The molecule has 114 valence electrons. The summed E-state index contributed by atoms with van der Waals surface area (Å²) in [6, 6.07) is 4.05. The van der Waals surface area contributed by atoms with Crippen LogP contribution in [-0.2, 0) is 13.6 Å². The van der Waals surface area contributed by atoms with Crippen LogP contribution in [0.2, 0.25) is 0 Å². The molecule has 0 radical (unpaired) electrons. The molecule has 1 unspecified atom stereocenters. The molecule has 21 heavy (non-hydrogen) atoms.